The molecule has 0 amide bonds. The second kappa shape index (κ2) is 9.05. The molecule has 2 rings (SSSR count). The van der Waals surface area contributed by atoms with Crippen LogP contribution in [-0.4, -0.2) is 19.5 Å². The van der Waals surface area contributed by atoms with Crippen molar-refractivity contribution in [1.82, 2.24) is 0 Å². The van der Waals surface area contributed by atoms with Crippen LogP contribution in [0.2, 0.25) is 0 Å². The van der Waals surface area contributed by atoms with E-state index in [0.717, 1.165) is 10.9 Å². The van der Waals surface area contributed by atoms with Crippen LogP contribution < -0.4 is 9.47 Å². The predicted octanol–water partition coefficient (Wildman–Crippen LogP) is 5.04. The second-order valence-electron chi connectivity index (χ2n) is 5.26. The van der Waals surface area contributed by atoms with Crippen LogP contribution >= 0.6 is 15.9 Å². The lowest BCUT2D eigenvalue weighted by atomic mass is 10.0. The maximum Gasteiger partial charge on any atom is 0.203 e. The molecule has 2 aromatic rings. The molecule has 128 valence electrons. The van der Waals surface area contributed by atoms with Gasteiger partial charge in [-0.2, -0.15) is 5.26 Å². The van der Waals surface area contributed by atoms with E-state index >= 15 is 0 Å². The number of Topliss-reactive ketones (excluding diaryl/α,β-unsaturated/α-hetero) is 1. The molecule has 4 nitrogen and oxygen atoms in total. The van der Waals surface area contributed by atoms with Gasteiger partial charge in [-0.05, 0) is 42.8 Å². The van der Waals surface area contributed by atoms with Gasteiger partial charge in [-0.1, -0.05) is 35.0 Å². The minimum Gasteiger partial charge on any atom is -0.497 e. The fourth-order valence-electron chi connectivity index (χ4n) is 2.20. The Hall–Kier alpha value is -2.58. The topological polar surface area (TPSA) is 59.3 Å². The first-order valence-electron chi connectivity index (χ1n) is 7.82. The van der Waals surface area contributed by atoms with Crippen LogP contribution in [0.15, 0.2) is 52.5 Å². The average molecular weight is 400 g/mol. The molecule has 2 aromatic carbocycles. The number of ether oxygens (including phenoxy) is 2. The van der Waals surface area contributed by atoms with Gasteiger partial charge in [0, 0.05) is 15.6 Å². The third kappa shape index (κ3) is 4.94. The normalized spacial score (nSPS) is 10.9. The molecular weight excluding hydrogens is 382 g/mol. The van der Waals surface area contributed by atoms with Gasteiger partial charge in [0.2, 0.25) is 5.78 Å². The van der Waals surface area contributed by atoms with Crippen LogP contribution in [0.1, 0.15) is 29.3 Å². The molecule has 0 N–H and O–H groups in total. The van der Waals surface area contributed by atoms with E-state index in [2.05, 4.69) is 15.9 Å². The van der Waals surface area contributed by atoms with E-state index in [4.69, 9.17) is 9.47 Å². The van der Waals surface area contributed by atoms with E-state index in [1.54, 1.807) is 30.3 Å². The van der Waals surface area contributed by atoms with Gasteiger partial charge >= 0.3 is 0 Å². The first-order valence-corrected chi connectivity index (χ1v) is 8.61. The summed E-state index contributed by atoms with van der Waals surface area (Å²) in [6.45, 7) is 2.58. The number of nitrogens with zero attached hydrogens (tertiary/aromatic N) is 1. The van der Waals surface area contributed by atoms with Crippen LogP contribution in [0.25, 0.3) is 6.08 Å². The number of allylic oxidation sites excluding steroid dienone is 1. The van der Waals surface area contributed by atoms with Gasteiger partial charge in [0.25, 0.3) is 0 Å². The van der Waals surface area contributed by atoms with Crippen molar-refractivity contribution in [2.24, 2.45) is 0 Å². The molecule has 0 spiro atoms. The quantitative estimate of drug-likeness (QED) is 0.371. The smallest absolute Gasteiger partial charge is 0.203 e. The van der Waals surface area contributed by atoms with E-state index in [0.29, 0.717) is 29.2 Å². The van der Waals surface area contributed by atoms with Crippen LogP contribution in [0, 0.1) is 11.3 Å². The highest BCUT2D eigenvalue weighted by molar-refractivity contribution is 9.10. The van der Waals surface area contributed by atoms with E-state index in [9.17, 15) is 10.1 Å². The van der Waals surface area contributed by atoms with Crippen molar-refractivity contribution in [3.05, 3.63) is 63.6 Å². The van der Waals surface area contributed by atoms with E-state index in [-0.39, 0.29) is 11.4 Å². The Kier molecular flexibility index (Phi) is 6.79. The SMILES string of the molecule is CCCOc1ccc(Br)cc1/C=C(\C#N)C(=O)c1cccc(OC)c1. The number of hydrogen-bond acceptors (Lipinski definition) is 4. The maximum atomic E-state index is 12.7. The lowest BCUT2D eigenvalue weighted by molar-refractivity contribution is 0.103. The summed E-state index contributed by atoms with van der Waals surface area (Å²) < 4.78 is 11.7. The molecule has 0 atom stereocenters. The van der Waals surface area contributed by atoms with E-state index in [1.807, 2.05) is 31.2 Å². The molecular formula is C20H18BrNO3. The molecule has 0 fully saturated rings. The molecule has 0 saturated carbocycles. The Bertz CT molecular complexity index is 837. The van der Waals surface area contributed by atoms with Crippen molar-refractivity contribution in [3.8, 4) is 17.6 Å². The fourth-order valence-corrected chi connectivity index (χ4v) is 2.58. The molecule has 5 heteroatoms. The highest BCUT2D eigenvalue weighted by atomic mass is 79.9. The second-order valence-corrected chi connectivity index (χ2v) is 6.18. The minimum absolute atomic E-state index is 0.0349. The van der Waals surface area contributed by atoms with Gasteiger partial charge in [0.05, 0.1) is 13.7 Å². The first kappa shape index (κ1) is 18.8. The van der Waals surface area contributed by atoms with Crippen molar-refractivity contribution in [3.63, 3.8) is 0 Å². The third-order valence-electron chi connectivity index (χ3n) is 3.43. The van der Waals surface area contributed by atoms with Crippen LogP contribution in [0.5, 0.6) is 11.5 Å². The average Bonchev–Trinajstić information content (AvgIpc) is 2.64. The number of hydrogen-bond donors (Lipinski definition) is 0. The molecule has 0 saturated heterocycles. The Morgan fingerprint density at radius 1 is 1.28 bits per heavy atom. The summed E-state index contributed by atoms with van der Waals surface area (Å²) in [6, 6.07) is 14.2. The first-order chi connectivity index (χ1) is 12.1. The Labute approximate surface area is 155 Å². The van der Waals surface area contributed by atoms with E-state index < -0.39 is 0 Å². The molecule has 0 aliphatic heterocycles. The summed E-state index contributed by atoms with van der Waals surface area (Å²) in [5.74, 6) is 0.844. The van der Waals surface area contributed by atoms with Crippen molar-refractivity contribution in [2.75, 3.05) is 13.7 Å². The number of carbonyl (C=O) groups excluding carboxylic acids is 1. The number of ketones is 1. The van der Waals surface area contributed by atoms with Gasteiger partial charge in [0.15, 0.2) is 0 Å². The van der Waals surface area contributed by atoms with Crippen molar-refractivity contribution in [1.29, 1.82) is 5.26 Å². The number of rotatable bonds is 7. The zero-order valence-electron chi connectivity index (χ0n) is 14.1. The summed E-state index contributed by atoms with van der Waals surface area (Å²) in [5, 5.41) is 9.46. The highest BCUT2D eigenvalue weighted by Gasteiger charge is 2.14. The van der Waals surface area contributed by atoms with Crippen molar-refractivity contribution in [2.45, 2.75) is 13.3 Å². The third-order valence-corrected chi connectivity index (χ3v) is 3.92. The van der Waals surface area contributed by atoms with Gasteiger partial charge in [-0.3, -0.25) is 4.79 Å². The lowest BCUT2D eigenvalue weighted by Crippen LogP contribution is -2.03. The van der Waals surface area contributed by atoms with Gasteiger partial charge in [-0.25, -0.2) is 0 Å². The zero-order chi connectivity index (χ0) is 18.2. The van der Waals surface area contributed by atoms with Gasteiger partial charge in [0.1, 0.15) is 23.1 Å². The molecule has 0 radical (unpaired) electrons. The maximum absolute atomic E-state index is 12.7. The Morgan fingerprint density at radius 3 is 2.76 bits per heavy atom. The molecule has 25 heavy (non-hydrogen) atoms. The van der Waals surface area contributed by atoms with Crippen molar-refractivity contribution >= 4 is 27.8 Å². The highest BCUT2D eigenvalue weighted by Crippen LogP contribution is 2.27. The standard InChI is InChI=1S/C20H18BrNO3/c1-3-9-25-19-8-7-17(21)11-15(19)10-16(13-22)20(23)14-5-4-6-18(12-14)24-2/h4-8,10-12H,3,9H2,1-2H3/b16-10+. The predicted molar refractivity (Wildman–Crippen MR) is 101 cm³/mol. The van der Waals surface area contributed by atoms with E-state index in [1.165, 1.54) is 7.11 Å². The largest absolute Gasteiger partial charge is 0.497 e. The fraction of sp³-hybridized carbons (Fsp3) is 0.200. The summed E-state index contributed by atoms with van der Waals surface area (Å²) in [7, 11) is 1.53. The van der Waals surface area contributed by atoms with Gasteiger partial charge < -0.3 is 9.47 Å². The molecule has 0 bridgehead atoms. The van der Waals surface area contributed by atoms with Crippen LogP contribution in [-0.2, 0) is 0 Å². The molecule has 0 heterocycles. The monoisotopic (exact) mass is 399 g/mol. The van der Waals surface area contributed by atoms with Gasteiger partial charge in [-0.15, -0.1) is 0 Å². The summed E-state index contributed by atoms with van der Waals surface area (Å²) in [4.78, 5) is 12.7. The minimum atomic E-state index is -0.359. The number of methoxy groups -OCH3 is 1. The molecule has 0 aliphatic rings. The Balaban J connectivity index is 2.41. The lowest BCUT2D eigenvalue weighted by Gasteiger charge is -2.09. The number of benzene rings is 2. The Morgan fingerprint density at radius 2 is 2.08 bits per heavy atom. The number of nitriles is 1. The van der Waals surface area contributed by atoms with Crippen LogP contribution in [0.3, 0.4) is 0 Å². The summed E-state index contributed by atoms with van der Waals surface area (Å²) in [5.41, 5.74) is 1.11. The molecule has 0 aromatic heterocycles. The van der Waals surface area contributed by atoms with Crippen molar-refractivity contribution < 1.29 is 14.3 Å². The van der Waals surface area contributed by atoms with Crippen LogP contribution in [0.4, 0.5) is 0 Å². The summed E-state index contributed by atoms with van der Waals surface area (Å²) >= 11 is 3.41. The molecule has 0 aliphatic carbocycles. The summed E-state index contributed by atoms with van der Waals surface area (Å²) in [6.07, 6.45) is 2.42. The zero-order valence-corrected chi connectivity index (χ0v) is 15.7. The molecule has 0 unspecified atom stereocenters. The number of halogens is 1. The number of carbonyl (C=O) groups is 1.